The fraction of sp³-hybridized carbons (Fsp3) is 0.160. The maximum absolute atomic E-state index is 12.9. The predicted molar refractivity (Wildman–Crippen MR) is 118 cm³/mol. The molecule has 0 spiro atoms. The first-order valence-electron chi connectivity index (χ1n) is 10.0. The monoisotopic (exact) mass is 396 g/mol. The largest absolute Gasteiger partial charge is 0.350 e. The maximum atomic E-state index is 12.9. The third-order valence-corrected chi connectivity index (χ3v) is 5.23. The van der Waals surface area contributed by atoms with E-state index in [1.54, 1.807) is 4.68 Å². The Labute approximate surface area is 176 Å². The molecule has 0 atom stereocenters. The van der Waals surface area contributed by atoms with Gasteiger partial charge < -0.3 is 5.32 Å². The van der Waals surface area contributed by atoms with E-state index < -0.39 is 0 Å². The lowest BCUT2D eigenvalue weighted by atomic mass is 9.91. The summed E-state index contributed by atoms with van der Waals surface area (Å²) in [6.07, 6.45) is 0. The van der Waals surface area contributed by atoms with Gasteiger partial charge >= 0.3 is 0 Å². The van der Waals surface area contributed by atoms with E-state index >= 15 is 0 Å². The number of amides is 1. The molecule has 0 aliphatic carbocycles. The molecule has 0 bridgehead atoms. The highest BCUT2D eigenvalue weighted by molar-refractivity contribution is 5.93. The second kappa shape index (κ2) is 8.74. The van der Waals surface area contributed by atoms with Crippen LogP contribution in [0, 0.1) is 13.8 Å². The van der Waals surface area contributed by atoms with Gasteiger partial charge in [0.1, 0.15) is 0 Å². The number of rotatable bonds is 6. The van der Waals surface area contributed by atoms with E-state index in [4.69, 9.17) is 0 Å². The molecular weight excluding hydrogens is 372 g/mol. The van der Waals surface area contributed by atoms with Gasteiger partial charge in [-0.2, -0.15) is 0 Å². The Morgan fingerprint density at radius 3 is 2.13 bits per heavy atom. The lowest BCUT2D eigenvalue weighted by Crippen LogP contribution is -2.29. The summed E-state index contributed by atoms with van der Waals surface area (Å²) < 4.78 is 1.70. The van der Waals surface area contributed by atoms with Crippen LogP contribution in [-0.2, 0) is 0 Å². The number of nitrogens with zero attached hydrogens (tertiary/aromatic N) is 3. The number of hydrogen-bond donors (Lipinski definition) is 1. The molecule has 4 rings (SSSR count). The Kier molecular flexibility index (Phi) is 5.70. The van der Waals surface area contributed by atoms with Gasteiger partial charge in [-0.25, -0.2) is 4.68 Å². The number of aryl methyl sites for hydroxylation is 1. The number of nitrogens with one attached hydrogen (secondary N) is 1. The normalized spacial score (nSPS) is 10.9. The Balaban J connectivity index is 1.55. The van der Waals surface area contributed by atoms with Crippen LogP contribution in [0.25, 0.3) is 5.69 Å². The number of carbonyl (C=O) groups is 1. The van der Waals surface area contributed by atoms with Gasteiger partial charge in [0.15, 0.2) is 5.69 Å². The van der Waals surface area contributed by atoms with Gasteiger partial charge in [0, 0.05) is 12.5 Å². The molecule has 1 heterocycles. The molecular formula is C25H24N4O. The van der Waals surface area contributed by atoms with Gasteiger partial charge in [-0.15, -0.1) is 5.10 Å². The van der Waals surface area contributed by atoms with Crippen LogP contribution in [0.5, 0.6) is 0 Å². The summed E-state index contributed by atoms with van der Waals surface area (Å²) in [5, 5.41) is 11.4. The van der Waals surface area contributed by atoms with Crippen LogP contribution < -0.4 is 5.32 Å². The SMILES string of the molecule is Cc1cccc(-n2nnc(C(=O)NCC(c3ccccc3)c3ccccc3)c2C)c1. The van der Waals surface area contributed by atoms with Gasteiger partial charge in [0.05, 0.1) is 11.4 Å². The van der Waals surface area contributed by atoms with Crippen molar-refractivity contribution in [2.75, 3.05) is 6.54 Å². The quantitative estimate of drug-likeness (QED) is 0.524. The third-order valence-electron chi connectivity index (χ3n) is 5.23. The van der Waals surface area contributed by atoms with E-state index in [1.807, 2.05) is 74.5 Å². The van der Waals surface area contributed by atoms with Crippen molar-refractivity contribution in [2.24, 2.45) is 0 Å². The summed E-state index contributed by atoms with van der Waals surface area (Å²) in [5.41, 5.74) is 5.39. The van der Waals surface area contributed by atoms with Crippen LogP contribution in [0.4, 0.5) is 0 Å². The van der Waals surface area contributed by atoms with E-state index in [2.05, 4.69) is 39.9 Å². The molecule has 0 radical (unpaired) electrons. The van der Waals surface area contributed by atoms with Crippen molar-refractivity contribution in [2.45, 2.75) is 19.8 Å². The number of aromatic nitrogens is 3. The number of benzene rings is 3. The Morgan fingerprint density at radius 1 is 0.900 bits per heavy atom. The van der Waals surface area contributed by atoms with Crippen LogP contribution in [0.15, 0.2) is 84.9 Å². The van der Waals surface area contributed by atoms with Crippen LogP contribution in [0.1, 0.15) is 38.8 Å². The van der Waals surface area contributed by atoms with Crippen LogP contribution in [-0.4, -0.2) is 27.4 Å². The first kappa shape index (κ1) is 19.6. The summed E-state index contributed by atoms with van der Waals surface area (Å²) in [7, 11) is 0. The molecule has 0 aliphatic heterocycles. The molecule has 0 aliphatic rings. The topological polar surface area (TPSA) is 59.8 Å². The standard InChI is InChI=1S/C25H24N4O/c1-18-10-9-15-22(16-18)29-19(2)24(27-28-29)25(30)26-17-23(20-11-5-3-6-12-20)21-13-7-4-8-14-21/h3-16,23H,17H2,1-2H3,(H,26,30). The summed E-state index contributed by atoms with van der Waals surface area (Å²) in [4.78, 5) is 12.9. The first-order chi connectivity index (χ1) is 14.6. The molecule has 1 amide bonds. The third kappa shape index (κ3) is 4.15. The summed E-state index contributed by atoms with van der Waals surface area (Å²) >= 11 is 0. The molecule has 30 heavy (non-hydrogen) atoms. The van der Waals surface area contributed by atoms with Gasteiger partial charge in [-0.1, -0.05) is 78.0 Å². The lowest BCUT2D eigenvalue weighted by Gasteiger charge is -2.18. The van der Waals surface area contributed by atoms with Crippen molar-refractivity contribution in [3.05, 3.63) is 113 Å². The number of carbonyl (C=O) groups excluding carboxylic acids is 1. The highest BCUT2D eigenvalue weighted by atomic mass is 16.2. The maximum Gasteiger partial charge on any atom is 0.273 e. The molecule has 3 aromatic carbocycles. The van der Waals surface area contributed by atoms with Crippen LogP contribution in [0.3, 0.4) is 0 Å². The summed E-state index contributed by atoms with van der Waals surface area (Å²) in [6.45, 7) is 4.36. The van der Waals surface area contributed by atoms with Crippen molar-refractivity contribution in [1.82, 2.24) is 20.3 Å². The van der Waals surface area contributed by atoms with E-state index in [-0.39, 0.29) is 11.8 Å². The second-order valence-electron chi connectivity index (χ2n) is 7.36. The van der Waals surface area contributed by atoms with Gasteiger partial charge in [-0.3, -0.25) is 4.79 Å². The molecule has 1 N–H and O–H groups in total. The molecule has 0 saturated carbocycles. The fourth-order valence-corrected chi connectivity index (χ4v) is 3.62. The fourth-order valence-electron chi connectivity index (χ4n) is 3.62. The average molecular weight is 396 g/mol. The summed E-state index contributed by atoms with van der Waals surface area (Å²) in [6, 6.07) is 28.4. The van der Waals surface area contributed by atoms with E-state index in [0.29, 0.717) is 17.9 Å². The molecule has 0 unspecified atom stereocenters. The average Bonchev–Trinajstić information content (AvgIpc) is 3.17. The van der Waals surface area contributed by atoms with E-state index in [9.17, 15) is 4.79 Å². The number of hydrogen-bond acceptors (Lipinski definition) is 3. The zero-order valence-electron chi connectivity index (χ0n) is 17.1. The van der Waals surface area contributed by atoms with Crippen LogP contribution >= 0.6 is 0 Å². The lowest BCUT2D eigenvalue weighted by molar-refractivity contribution is 0.0946. The molecule has 150 valence electrons. The van der Waals surface area contributed by atoms with Crippen molar-refractivity contribution < 1.29 is 4.79 Å². The van der Waals surface area contributed by atoms with Gasteiger partial charge in [0.25, 0.3) is 5.91 Å². The Hall–Kier alpha value is -3.73. The molecule has 0 fully saturated rings. The molecule has 5 nitrogen and oxygen atoms in total. The van der Waals surface area contributed by atoms with Crippen molar-refractivity contribution in [3.63, 3.8) is 0 Å². The zero-order valence-corrected chi connectivity index (χ0v) is 17.1. The molecule has 0 saturated heterocycles. The zero-order chi connectivity index (χ0) is 20.9. The van der Waals surface area contributed by atoms with E-state index in [1.165, 1.54) is 0 Å². The smallest absolute Gasteiger partial charge is 0.273 e. The van der Waals surface area contributed by atoms with Gasteiger partial charge in [0.2, 0.25) is 0 Å². The van der Waals surface area contributed by atoms with Crippen LogP contribution in [0.2, 0.25) is 0 Å². The van der Waals surface area contributed by atoms with Crippen molar-refractivity contribution in [3.8, 4) is 5.69 Å². The van der Waals surface area contributed by atoms with Crippen molar-refractivity contribution in [1.29, 1.82) is 0 Å². The Morgan fingerprint density at radius 2 is 1.53 bits per heavy atom. The Bertz CT molecular complexity index is 1100. The highest BCUT2D eigenvalue weighted by Crippen LogP contribution is 2.24. The highest BCUT2D eigenvalue weighted by Gasteiger charge is 2.20. The minimum absolute atomic E-state index is 0.0588. The van der Waals surface area contributed by atoms with Crippen molar-refractivity contribution >= 4 is 5.91 Å². The molecule has 5 heteroatoms. The second-order valence-corrected chi connectivity index (χ2v) is 7.36. The summed E-state index contributed by atoms with van der Waals surface area (Å²) in [5.74, 6) is -0.160. The molecule has 4 aromatic rings. The molecule has 1 aromatic heterocycles. The first-order valence-corrected chi connectivity index (χ1v) is 10.0. The predicted octanol–water partition coefficient (Wildman–Crippen LogP) is 4.45. The van der Waals surface area contributed by atoms with E-state index in [0.717, 1.165) is 22.4 Å². The minimum Gasteiger partial charge on any atom is -0.350 e. The van der Waals surface area contributed by atoms with Gasteiger partial charge in [-0.05, 0) is 42.7 Å². The minimum atomic E-state index is -0.219.